The average Bonchev–Trinajstić information content (AvgIpc) is 1.80. The Morgan fingerprint density at radius 3 is 1.42 bits per heavy atom. The zero-order valence-corrected chi connectivity index (χ0v) is 61.2. The fourth-order valence-corrected chi connectivity index (χ4v) is 12.7. The molecule has 2 fully saturated rings. The number of aliphatic hydroxyl groups excluding tert-OH is 1. The lowest BCUT2D eigenvalue weighted by molar-refractivity contribution is -0.137. The summed E-state index contributed by atoms with van der Waals surface area (Å²) in [5.74, 6) is 20.0. The number of Topliss-reactive ketones (excluding diaryl/α,β-unsaturated/α-hetero) is 3. The maximum absolute atomic E-state index is 13.6. The van der Waals surface area contributed by atoms with Crippen molar-refractivity contribution in [2.45, 2.75) is 66.6 Å². The van der Waals surface area contributed by atoms with Crippen LogP contribution in [-0.4, -0.2) is 173 Å². The second kappa shape index (κ2) is 33.9. The van der Waals surface area contributed by atoms with Crippen LogP contribution < -0.4 is 4.90 Å². The van der Waals surface area contributed by atoms with Gasteiger partial charge >= 0.3 is 6.18 Å². The van der Waals surface area contributed by atoms with E-state index >= 15 is 0 Å². The van der Waals surface area contributed by atoms with Crippen molar-refractivity contribution in [3.05, 3.63) is 296 Å². The summed E-state index contributed by atoms with van der Waals surface area (Å²) in [6.07, 6.45) is 8.96. The Morgan fingerprint density at radius 1 is 0.486 bits per heavy atom. The van der Waals surface area contributed by atoms with Gasteiger partial charge in [0, 0.05) is 148 Å². The molecule has 0 radical (unpaired) electrons. The predicted octanol–water partition coefficient (Wildman–Crippen LogP) is 11.1. The lowest BCUT2D eigenvalue weighted by atomic mass is 9.97. The van der Waals surface area contributed by atoms with Gasteiger partial charge in [0.15, 0.2) is 34.3 Å². The number of hydrogen-bond acceptors (Lipinski definition) is 17. The number of nitrogens with zero attached hydrogens (tertiary/aromatic N) is 17. The summed E-state index contributed by atoms with van der Waals surface area (Å²) in [5.41, 5.74) is 14.4. The number of carbonyl (C=O) groups is 3. The molecular formula is C85H78F3N17O4. The molecule has 21 nitrogen and oxygen atoms in total. The van der Waals surface area contributed by atoms with E-state index in [1.54, 1.807) is 94.2 Å². The smallest absolute Gasteiger partial charge is 0.395 e. The number of likely N-dealkylation sites (N-methyl/N-ethyl adjacent to an activating group) is 1. The van der Waals surface area contributed by atoms with Crippen LogP contribution >= 0.6 is 0 Å². The minimum atomic E-state index is -4.55. The highest BCUT2D eigenvalue weighted by Crippen LogP contribution is 2.33. The van der Waals surface area contributed by atoms with Crippen LogP contribution in [0.3, 0.4) is 0 Å². The quantitative estimate of drug-likeness (QED) is 0.0745. The van der Waals surface area contributed by atoms with Gasteiger partial charge in [0.1, 0.15) is 28.7 Å². The third-order valence-corrected chi connectivity index (χ3v) is 18.9. The number of hydrogen-bond donors (Lipinski definition) is 1. The molecule has 0 amide bonds. The van der Waals surface area contributed by atoms with Crippen molar-refractivity contribution in [1.29, 1.82) is 0 Å². The van der Waals surface area contributed by atoms with E-state index in [2.05, 4.69) is 132 Å². The van der Waals surface area contributed by atoms with Crippen molar-refractivity contribution in [3.8, 4) is 41.2 Å². The lowest BCUT2D eigenvalue weighted by Gasteiger charge is -2.35. The third-order valence-electron chi connectivity index (χ3n) is 18.9. The number of anilines is 1. The highest BCUT2D eigenvalue weighted by atomic mass is 19.4. The Bertz CT molecular complexity index is 5710. The number of rotatable bonds is 15. The summed E-state index contributed by atoms with van der Waals surface area (Å²) < 4.78 is 47.3. The number of aliphatic hydroxyl groups is 1. The van der Waals surface area contributed by atoms with E-state index in [0.717, 1.165) is 122 Å². The van der Waals surface area contributed by atoms with Gasteiger partial charge in [-0.05, 0) is 166 Å². The van der Waals surface area contributed by atoms with Gasteiger partial charge in [-0.15, -0.1) is 0 Å². The molecule has 109 heavy (non-hydrogen) atoms. The molecule has 0 atom stereocenters. The van der Waals surface area contributed by atoms with Gasteiger partial charge in [-0.1, -0.05) is 78.4 Å². The molecule has 13 aromatic rings. The standard InChI is InChI=1S/C29H29N5O.C28H20F3N5O.C28H29N7O2/c1-22-5-10-26(19-25(22)11-12-27-20-30-29-4-3-13-31-34(27)29)28(35)18-23-6-8-24(9-7-23)21-33-16-14-32(2)15-17-33;1-18-5-6-22(13-21(18)7-8-24-15-32-27-4-3-9-34-36(24)27)26(37)12-20-10-23(28(29,30)31)14-25(11-20)35-16-19(2)33-17-35;1-20-5-6-23(16-22(20)7-8-25-19-29-27-4-3-9-30-35(25)27)26(37)17-24-18-28(32-21(2)31-24)34-12-10-33(11-13-34)14-15-36/h3-10,13,19-20H,14-18,21H2,1-2H3;3-6,9-11,13-17H,12H2,1-2H3;3-6,9,16,18-19,36H,10-15,17H2,1-2H3. The van der Waals surface area contributed by atoms with Gasteiger partial charge in [-0.3, -0.25) is 24.2 Å². The van der Waals surface area contributed by atoms with Crippen LogP contribution in [0.15, 0.2) is 189 Å². The first-order valence-corrected chi connectivity index (χ1v) is 35.7. The number of benzene rings is 5. The number of β-amino-alcohol motifs (C(OH)–C–C–N with tert-alkyl or cyclic N) is 1. The van der Waals surface area contributed by atoms with Crippen molar-refractivity contribution in [2.24, 2.45) is 0 Å². The molecule has 0 aliphatic carbocycles. The van der Waals surface area contributed by atoms with Crippen LogP contribution in [0.25, 0.3) is 22.6 Å². The number of aryl methyl sites for hydroxylation is 5. The maximum atomic E-state index is 13.6. The Labute approximate surface area is 628 Å². The fourth-order valence-electron chi connectivity index (χ4n) is 12.7. The average molecular weight is 1460 g/mol. The minimum Gasteiger partial charge on any atom is -0.395 e. The Kier molecular flexibility index (Phi) is 23.2. The topological polar surface area (TPSA) is 219 Å². The lowest BCUT2D eigenvalue weighted by Crippen LogP contribution is -2.47. The van der Waals surface area contributed by atoms with Gasteiger partial charge in [0.25, 0.3) is 0 Å². The monoisotopic (exact) mass is 1460 g/mol. The van der Waals surface area contributed by atoms with Gasteiger partial charge in [-0.2, -0.15) is 28.5 Å². The predicted molar refractivity (Wildman–Crippen MR) is 410 cm³/mol. The molecule has 0 unspecified atom stereocenters. The highest BCUT2D eigenvalue weighted by Gasteiger charge is 2.32. The Morgan fingerprint density at radius 2 is 0.954 bits per heavy atom. The fraction of sp³-hybridized carbons (Fsp3) is 0.247. The molecule has 10 heterocycles. The van der Waals surface area contributed by atoms with E-state index < -0.39 is 11.7 Å². The van der Waals surface area contributed by atoms with Gasteiger partial charge in [0.2, 0.25) is 0 Å². The second-order valence-electron chi connectivity index (χ2n) is 27.0. The zero-order valence-electron chi connectivity index (χ0n) is 61.2. The molecule has 2 aliphatic rings. The van der Waals surface area contributed by atoms with Crippen molar-refractivity contribution in [2.75, 3.05) is 77.5 Å². The number of fused-ring (bicyclic) bond motifs is 3. The molecule has 2 saturated heterocycles. The largest absolute Gasteiger partial charge is 0.416 e. The summed E-state index contributed by atoms with van der Waals surface area (Å²) in [6.45, 7) is 19.1. The molecule has 1 N–H and O–H groups in total. The van der Waals surface area contributed by atoms with Crippen LogP contribution in [0.4, 0.5) is 19.0 Å². The van der Waals surface area contributed by atoms with Crippen molar-refractivity contribution in [1.82, 2.24) is 78.0 Å². The molecule has 5 aromatic carbocycles. The second-order valence-corrected chi connectivity index (χ2v) is 27.0. The first-order valence-electron chi connectivity index (χ1n) is 35.7. The zero-order chi connectivity index (χ0) is 76.1. The molecule has 0 spiro atoms. The van der Waals surface area contributed by atoms with Gasteiger partial charge in [-0.25, -0.2) is 43.5 Å². The van der Waals surface area contributed by atoms with Crippen LogP contribution in [0, 0.1) is 70.1 Å². The van der Waals surface area contributed by atoms with Crippen LogP contribution in [0.1, 0.15) is 121 Å². The first-order chi connectivity index (χ1) is 52.7. The van der Waals surface area contributed by atoms with Crippen LogP contribution in [0.2, 0.25) is 0 Å². The Hall–Kier alpha value is -12.6. The Balaban J connectivity index is 0.000000144. The van der Waals surface area contributed by atoms with Gasteiger partial charge in [0.05, 0.1) is 54.9 Å². The molecular weight excluding hydrogens is 1380 g/mol. The van der Waals surface area contributed by atoms with Crippen molar-refractivity contribution >= 4 is 40.1 Å². The molecule has 0 bridgehead atoms. The van der Waals surface area contributed by atoms with Crippen LogP contribution in [0.5, 0.6) is 0 Å². The van der Waals surface area contributed by atoms with Gasteiger partial charge < -0.3 is 19.5 Å². The highest BCUT2D eigenvalue weighted by molar-refractivity contribution is 5.99. The molecule has 2 aliphatic heterocycles. The summed E-state index contributed by atoms with van der Waals surface area (Å²) >= 11 is 0. The number of halogens is 3. The summed E-state index contributed by atoms with van der Waals surface area (Å²) in [6, 6.07) is 41.5. The maximum Gasteiger partial charge on any atom is 0.416 e. The van der Waals surface area contributed by atoms with E-state index in [1.165, 1.54) is 16.5 Å². The number of piperazine rings is 2. The number of ketones is 3. The SMILES string of the molecule is Cc1ccc(C(=O)Cc2ccc(CN3CCN(C)CC3)cc2)cc1C#Cc1cnc2cccnn12.Cc1cn(-c2cc(CC(=O)c3ccc(C)c(C#Cc4cnc5cccnn45)c3)cc(C(F)(F)F)c2)cn1.Cc1nc(CC(=O)c2ccc(C)c(C#Cc3cnc4cccnn34)c2)cc(N2CCN(CCO)CC2)n1. The number of carbonyl (C=O) groups excluding carboxylic acids is 3. The van der Waals surface area contributed by atoms with E-state index in [1.807, 2.05) is 100 Å². The summed E-state index contributed by atoms with van der Waals surface area (Å²) in [4.78, 5) is 74.8. The van der Waals surface area contributed by atoms with E-state index in [4.69, 9.17) is 0 Å². The van der Waals surface area contributed by atoms with E-state index in [0.29, 0.717) is 75.2 Å². The molecule has 24 heteroatoms. The molecule has 548 valence electrons. The summed E-state index contributed by atoms with van der Waals surface area (Å²) in [7, 11) is 2.17. The summed E-state index contributed by atoms with van der Waals surface area (Å²) in [5, 5.41) is 22.0. The van der Waals surface area contributed by atoms with Crippen molar-refractivity contribution in [3.63, 3.8) is 0 Å². The van der Waals surface area contributed by atoms with E-state index in [9.17, 15) is 32.7 Å². The molecule has 15 rings (SSSR count). The van der Waals surface area contributed by atoms with E-state index in [-0.39, 0.29) is 48.0 Å². The number of aromatic nitrogens is 13. The minimum absolute atomic E-state index is 0.0173. The third kappa shape index (κ3) is 19.0. The number of imidazole rings is 4. The molecule has 8 aromatic heterocycles. The molecule has 0 saturated carbocycles. The van der Waals surface area contributed by atoms with Crippen LogP contribution in [-0.2, 0) is 32.0 Å². The first kappa shape index (κ1) is 74.6. The number of alkyl halides is 3. The normalized spacial score (nSPS) is 13.3. The van der Waals surface area contributed by atoms with Crippen molar-refractivity contribution < 1.29 is 32.7 Å².